The highest BCUT2D eigenvalue weighted by atomic mass is 16.5. The van der Waals surface area contributed by atoms with Crippen molar-refractivity contribution in [3.8, 4) is 11.5 Å². The molecular weight excluding hydrogens is 188 g/mol. The van der Waals surface area contributed by atoms with Gasteiger partial charge in [0, 0.05) is 0 Å². The van der Waals surface area contributed by atoms with Crippen molar-refractivity contribution in [1.82, 2.24) is 0 Å². The number of ether oxygens (including phenoxy) is 1. The van der Waals surface area contributed by atoms with Crippen LogP contribution in [-0.4, -0.2) is 28.4 Å². The quantitative estimate of drug-likeness (QED) is 0.470. The number of carbonyl (C=O) groups excluding carboxylic acids is 1. The fraction of sp³-hybridized carbons (Fsp3) is 0.222. The minimum atomic E-state index is -1.45. The lowest BCUT2D eigenvalue weighted by Gasteiger charge is -2.08. The number of hydrogen-bond donors (Lipinski definition) is 3. The maximum absolute atomic E-state index is 10.9. The van der Waals surface area contributed by atoms with Gasteiger partial charge in [0.05, 0.1) is 7.11 Å². The van der Waals surface area contributed by atoms with E-state index in [0.29, 0.717) is 0 Å². The highest BCUT2D eigenvalue weighted by Gasteiger charge is 2.18. The SMILES string of the molecule is COC(=O)C(O)c1ccc(O)c(O)c1. The summed E-state index contributed by atoms with van der Waals surface area (Å²) >= 11 is 0. The molecule has 0 bridgehead atoms. The molecule has 1 aromatic carbocycles. The standard InChI is InChI=1S/C9H10O5/c1-14-9(13)8(12)5-2-3-6(10)7(11)4-5/h2-4,8,10-12H,1H3. The van der Waals surface area contributed by atoms with Crippen molar-refractivity contribution in [3.05, 3.63) is 23.8 Å². The van der Waals surface area contributed by atoms with Crippen LogP contribution in [0.25, 0.3) is 0 Å². The van der Waals surface area contributed by atoms with Gasteiger partial charge in [0.15, 0.2) is 17.6 Å². The molecule has 1 atom stereocenters. The molecule has 0 saturated carbocycles. The Morgan fingerprint density at radius 1 is 1.36 bits per heavy atom. The van der Waals surface area contributed by atoms with Gasteiger partial charge in [-0.15, -0.1) is 0 Å². The number of hydrogen-bond acceptors (Lipinski definition) is 5. The van der Waals surface area contributed by atoms with E-state index in [2.05, 4.69) is 4.74 Å². The molecule has 0 spiro atoms. The van der Waals surface area contributed by atoms with Crippen molar-refractivity contribution in [3.63, 3.8) is 0 Å². The van der Waals surface area contributed by atoms with Crippen molar-refractivity contribution >= 4 is 5.97 Å². The highest BCUT2D eigenvalue weighted by Crippen LogP contribution is 2.27. The average Bonchev–Trinajstić information content (AvgIpc) is 2.20. The molecule has 0 saturated heterocycles. The van der Waals surface area contributed by atoms with E-state index >= 15 is 0 Å². The summed E-state index contributed by atoms with van der Waals surface area (Å²) in [4.78, 5) is 10.9. The van der Waals surface area contributed by atoms with E-state index < -0.39 is 17.8 Å². The molecule has 1 aromatic rings. The number of carbonyl (C=O) groups is 1. The summed E-state index contributed by atoms with van der Waals surface area (Å²) in [6.07, 6.45) is -1.45. The summed E-state index contributed by atoms with van der Waals surface area (Å²) in [7, 11) is 1.14. The number of benzene rings is 1. The Hall–Kier alpha value is -1.75. The first-order valence-electron chi connectivity index (χ1n) is 3.84. The Kier molecular flexibility index (Phi) is 2.93. The van der Waals surface area contributed by atoms with E-state index in [-0.39, 0.29) is 11.3 Å². The molecule has 14 heavy (non-hydrogen) atoms. The molecule has 0 aromatic heterocycles. The van der Waals surface area contributed by atoms with E-state index in [1.165, 1.54) is 12.1 Å². The third-order valence-electron chi connectivity index (χ3n) is 1.74. The first-order valence-corrected chi connectivity index (χ1v) is 3.84. The Morgan fingerprint density at radius 3 is 2.50 bits per heavy atom. The van der Waals surface area contributed by atoms with Gasteiger partial charge in [0.25, 0.3) is 0 Å². The van der Waals surface area contributed by atoms with Crippen LogP contribution in [0.5, 0.6) is 11.5 Å². The van der Waals surface area contributed by atoms with Crippen molar-refractivity contribution in [2.45, 2.75) is 6.10 Å². The Balaban J connectivity index is 2.96. The predicted molar refractivity (Wildman–Crippen MR) is 46.7 cm³/mol. The van der Waals surface area contributed by atoms with E-state index in [1.54, 1.807) is 0 Å². The van der Waals surface area contributed by atoms with Crippen LogP contribution in [0, 0.1) is 0 Å². The molecule has 0 amide bonds. The predicted octanol–water partition coefficient (Wildman–Crippen LogP) is 0.304. The number of methoxy groups -OCH3 is 1. The molecular formula is C9H10O5. The summed E-state index contributed by atoms with van der Waals surface area (Å²) in [5.41, 5.74) is 0.159. The normalized spacial score (nSPS) is 12.1. The summed E-state index contributed by atoms with van der Waals surface area (Å²) in [5.74, 6) is -1.54. The van der Waals surface area contributed by atoms with Crippen LogP contribution >= 0.6 is 0 Å². The Morgan fingerprint density at radius 2 is 2.00 bits per heavy atom. The number of phenols is 2. The van der Waals surface area contributed by atoms with Crippen LogP contribution in [-0.2, 0) is 9.53 Å². The highest BCUT2D eigenvalue weighted by molar-refractivity contribution is 5.76. The van der Waals surface area contributed by atoms with Gasteiger partial charge < -0.3 is 20.1 Å². The topological polar surface area (TPSA) is 87.0 Å². The van der Waals surface area contributed by atoms with Gasteiger partial charge in [-0.25, -0.2) is 4.79 Å². The molecule has 76 valence electrons. The van der Waals surface area contributed by atoms with Gasteiger partial charge in [-0.2, -0.15) is 0 Å². The average molecular weight is 198 g/mol. The lowest BCUT2D eigenvalue weighted by molar-refractivity contribution is -0.150. The van der Waals surface area contributed by atoms with E-state index in [0.717, 1.165) is 13.2 Å². The molecule has 5 nitrogen and oxygen atoms in total. The number of rotatable bonds is 2. The van der Waals surface area contributed by atoms with Crippen LogP contribution < -0.4 is 0 Å². The zero-order valence-corrected chi connectivity index (χ0v) is 7.47. The fourth-order valence-corrected chi connectivity index (χ4v) is 0.958. The van der Waals surface area contributed by atoms with Gasteiger partial charge in [0.1, 0.15) is 0 Å². The van der Waals surface area contributed by atoms with Gasteiger partial charge in [-0.3, -0.25) is 0 Å². The minimum Gasteiger partial charge on any atom is -0.504 e. The summed E-state index contributed by atoms with van der Waals surface area (Å²) in [6.45, 7) is 0. The number of aromatic hydroxyl groups is 2. The summed E-state index contributed by atoms with van der Waals surface area (Å²) in [5, 5.41) is 27.4. The van der Waals surface area contributed by atoms with E-state index in [1.807, 2.05) is 0 Å². The van der Waals surface area contributed by atoms with Crippen LogP contribution in [0.2, 0.25) is 0 Å². The molecule has 0 radical (unpaired) electrons. The Bertz CT molecular complexity index is 347. The second-order valence-corrected chi connectivity index (χ2v) is 2.67. The molecule has 0 heterocycles. The number of esters is 1. The Labute approximate surface area is 80.2 Å². The monoisotopic (exact) mass is 198 g/mol. The minimum absolute atomic E-state index is 0.159. The maximum Gasteiger partial charge on any atom is 0.339 e. The lowest BCUT2D eigenvalue weighted by atomic mass is 10.1. The fourth-order valence-electron chi connectivity index (χ4n) is 0.958. The third-order valence-corrected chi connectivity index (χ3v) is 1.74. The molecule has 1 unspecified atom stereocenters. The first-order chi connectivity index (χ1) is 6.56. The van der Waals surface area contributed by atoms with Crippen molar-refractivity contribution in [2.75, 3.05) is 7.11 Å². The largest absolute Gasteiger partial charge is 0.504 e. The van der Waals surface area contributed by atoms with E-state index in [4.69, 9.17) is 10.2 Å². The molecule has 3 N–H and O–H groups in total. The molecule has 1 rings (SSSR count). The van der Waals surface area contributed by atoms with Crippen LogP contribution in [0.1, 0.15) is 11.7 Å². The molecule has 5 heteroatoms. The second kappa shape index (κ2) is 3.97. The van der Waals surface area contributed by atoms with Crippen LogP contribution in [0.4, 0.5) is 0 Å². The number of aliphatic hydroxyl groups is 1. The van der Waals surface area contributed by atoms with Crippen molar-refractivity contribution < 1.29 is 24.9 Å². The van der Waals surface area contributed by atoms with Gasteiger partial charge in [0.2, 0.25) is 0 Å². The third kappa shape index (κ3) is 1.94. The number of aliphatic hydroxyl groups excluding tert-OH is 1. The van der Waals surface area contributed by atoms with Gasteiger partial charge >= 0.3 is 5.97 Å². The molecule has 0 aliphatic heterocycles. The van der Waals surface area contributed by atoms with Crippen LogP contribution in [0.15, 0.2) is 18.2 Å². The molecule has 0 fully saturated rings. The summed E-state index contributed by atoms with van der Waals surface area (Å²) < 4.78 is 4.30. The zero-order valence-electron chi connectivity index (χ0n) is 7.47. The smallest absolute Gasteiger partial charge is 0.339 e. The first kappa shape index (κ1) is 10.3. The van der Waals surface area contributed by atoms with E-state index in [9.17, 15) is 9.90 Å². The van der Waals surface area contributed by atoms with Crippen LogP contribution in [0.3, 0.4) is 0 Å². The number of phenolic OH excluding ortho intramolecular Hbond substituents is 2. The van der Waals surface area contributed by atoms with Crippen molar-refractivity contribution in [2.24, 2.45) is 0 Å². The van der Waals surface area contributed by atoms with Gasteiger partial charge in [-0.1, -0.05) is 6.07 Å². The zero-order chi connectivity index (χ0) is 10.7. The lowest BCUT2D eigenvalue weighted by Crippen LogP contribution is -2.13. The molecule has 0 aliphatic rings. The maximum atomic E-state index is 10.9. The van der Waals surface area contributed by atoms with Crippen molar-refractivity contribution in [1.29, 1.82) is 0 Å². The molecule has 0 aliphatic carbocycles. The summed E-state index contributed by atoms with van der Waals surface area (Å²) in [6, 6.07) is 3.59. The second-order valence-electron chi connectivity index (χ2n) is 2.67. The van der Waals surface area contributed by atoms with Gasteiger partial charge in [-0.05, 0) is 17.7 Å².